The molecule has 0 amide bonds. The van der Waals surface area contributed by atoms with E-state index in [1.807, 2.05) is 12.1 Å². The minimum atomic E-state index is -1.08. The van der Waals surface area contributed by atoms with Gasteiger partial charge in [0.05, 0.1) is 0 Å². The quantitative estimate of drug-likeness (QED) is 0.681. The lowest BCUT2D eigenvalue weighted by molar-refractivity contribution is 0.0380. The van der Waals surface area contributed by atoms with E-state index in [0.717, 1.165) is 0 Å². The first-order chi connectivity index (χ1) is 7.75. The van der Waals surface area contributed by atoms with E-state index >= 15 is 0 Å². The third kappa shape index (κ3) is 1.31. The summed E-state index contributed by atoms with van der Waals surface area (Å²) in [6, 6.07) is 7.18. The maximum atomic E-state index is 9.73. The molecule has 0 spiro atoms. The van der Waals surface area contributed by atoms with Crippen LogP contribution in [0.5, 0.6) is 11.5 Å². The lowest BCUT2D eigenvalue weighted by atomic mass is 10.0. The van der Waals surface area contributed by atoms with Gasteiger partial charge < -0.3 is 19.7 Å². The van der Waals surface area contributed by atoms with Crippen LogP contribution < -0.4 is 9.47 Å². The zero-order chi connectivity index (χ0) is 11.1. The minimum absolute atomic E-state index is 0.258. The molecule has 0 bridgehead atoms. The molecule has 0 aromatic heterocycles. The van der Waals surface area contributed by atoms with Gasteiger partial charge in [-0.25, -0.2) is 0 Å². The zero-order valence-electron chi connectivity index (χ0n) is 8.33. The van der Waals surface area contributed by atoms with Crippen molar-refractivity contribution in [2.24, 2.45) is 0 Å². The highest BCUT2D eigenvalue weighted by Crippen LogP contribution is 2.37. The van der Waals surface area contributed by atoms with Crippen molar-refractivity contribution >= 4 is 0 Å². The van der Waals surface area contributed by atoms with Gasteiger partial charge in [0.2, 0.25) is 0 Å². The molecule has 1 aliphatic heterocycles. The molecule has 0 saturated carbocycles. The Bertz CT molecular complexity index is 490. The minimum Gasteiger partial charge on any atom is -0.451 e. The molecule has 1 heterocycles. The predicted molar refractivity (Wildman–Crippen MR) is 55.9 cm³/mol. The number of aliphatic hydroxyl groups is 2. The number of para-hydroxylation sites is 2. The number of aliphatic hydroxyl groups excluding tert-OH is 2. The van der Waals surface area contributed by atoms with Gasteiger partial charge in [-0.3, -0.25) is 0 Å². The molecule has 2 unspecified atom stereocenters. The van der Waals surface area contributed by atoms with Crippen LogP contribution in [-0.4, -0.2) is 22.4 Å². The Labute approximate surface area is 92.0 Å². The van der Waals surface area contributed by atoms with E-state index in [0.29, 0.717) is 17.3 Å². The molecule has 4 nitrogen and oxygen atoms in total. The van der Waals surface area contributed by atoms with E-state index in [1.54, 1.807) is 18.2 Å². The van der Waals surface area contributed by atoms with Crippen LogP contribution >= 0.6 is 0 Å². The Balaban J connectivity index is 2.02. The summed E-state index contributed by atoms with van der Waals surface area (Å²) in [7, 11) is 0. The third-order valence-electron chi connectivity index (χ3n) is 2.57. The van der Waals surface area contributed by atoms with E-state index in [1.165, 1.54) is 6.08 Å². The van der Waals surface area contributed by atoms with Crippen LogP contribution in [0.3, 0.4) is 0 Å². The second-order valence-electron chi connectivity index (χ2n) is 3.67. The molecule has 3 rings (SSSR count). The summed E-state index contributed by atoms with van der Waals surface area (Å²) in [5.74, 6) is 1.85. The molecule has 16 heavy (non-hydrogen) atoms. The lowest BCUT2D eigenvalue weighted by Crippen LogP contribution is -2.34. The summed E-state index contributed by atoms with van der Waals surface area (Å²) in [4.78, 5) is 0. The van der Waals surface area contributed by atoms with Gasteiger partial charge in [0.15, 0.2) is 23.0 Å². The molecule has 1 aromatic rings. The Morgan fingerprint density at radius 1 is 1.00 bits per heavy atom. The first-order valence-electron chi connectivity index (χ1n) is 4.99. The van der Waals surface area contributed by atoms with Crippen molar-refractivity contribution in [1.82, 2.24) is 0 Å². The Kier molecular flexibility index (Phi) is 1.99. The zero-order valence-corrected chi connectivity index (χ0v) is 8.33. The highest BCUT2D eigenvalue weighted by Gasteiger charge is 2.32. The molecule has 4 heteroatoms. The molecular formula is C12H10O4. The largest absolute Gasteiger partial charge is 0.451 e. The van der Waals surface area contributed by atoms with Crippen molar-refractivity contribution in [2.75, 3.05) is 0 Å². The maximum absolute atomic E-state index is 9.73. The van der Waals surface area contributed by atoms with Crippen LogP contribution in [-0.2, 0) is 0 Å². The van der Waals surface area contributed by atoms with Crippen molar-refractivity contribution in [3.8, 4) is 11.5 Å². The Hall–Kier alpha value is -1.78. The normalized spacial score (nSPS) is 26.6. The van der Waals surface area contributed by atoms with Gasteiger partial charge in [-0.1, -0.05) is 12.1 Å². The number of hydrogen-bond acceptors (Lipinski definition) is 4. The Morgan fingerprint density at radius 3 is 2.44 bits per heavy atom. The number of benzene rings is 1. The fraction of sp³-hybridized carbons (Fsp3) is 0.167. The maximum Gasteiger partial charge on any atom is 0.178 e. The average Bonchev–Trinajstić information content (AvgIpc) is 2.32. The van der Waals surface area contributed by atoms with Crippen LogP contribution in [0.4, 0.5) is 0 Å². The Morgan fingerprint density at radius 2 is 1.69 bits per heavy atom. The smallest absolute Gasteiger partial charge is 0.178 e. The van der Waals surface area contributed by atoms with Crippen molar-refractivity contribution < 1.29 is 19.7 Å². The van der Waals surface area contributed by atoms with Gasteiger partial charge in [-0.05, 0) is 24.3 Å². The molecule has 1 aromatic carbocycles. The van der Waals surface area contributed by atoms with E-state index in [2.05, 4.69) is 0 Å². The number of ether oxygens (including phenoxy) is 2. The number of hydrogen-bond donors (Lipinski definition) is 2. The predicted octanol–water partition coefficient (Wildman–Crippen LogP) is 0.961. The van der Waals surface area contributed by atoms with Gasteiger partial charge in [0.25, 0.3) is 0 Å². The van der Waals surface area contributed by atoms with Gasteiger partial charge >= 0.3 is 0 Å². The lowest BCUT2D eigenvalue weighted by Gasteiger charge is -2.28. The van der Waals surface area contributed by atoms with Gasteiger partial charge in [-0.2, -0.15) is 0 Å². The van der Waals surface area contributed by atoms with Gasteiger partial charge in [0.1, 0.15) is 12.2 Å². The van der Waals surface area contributed by atoms with Crippen LogP contribution in [0, 0.1) is 0 Å². The van der Waals surface area contributed by atoms with Crippen LogP contribution in [0.1, 0.15) is 0 Å². The summed E-state index contributed by atoms with van der Waals surface area (Å²) in [6.45, 7) is 0. The molecule has 82 valence electrons. The fourth-order valence-corrected chi connectivity index (χ4v) is 1.72. The number of rotatable bonds is 0. The summed E-state index contributed by atoms with van der Waals surface area (Å²) in [6.07, 6.45) is 1.05. The van der Waals surface area contributed by atoms with E-state index in [9.17, 15) is 10.2 Å². The highest BCUT2D eigenvalue weighted by atomic mass is 16.6. The molecule has 0 fully saturated rings. The van der Waals surface area contributed by atoms with Crippen molar-refractivity contribution in [1.29, 1.82) is 0 Å². The van der Waals surface area contributed by atoms with Crippen molar-refractivity contribution in [3.63, 3.8) is 0 Å². The van der Waals surface area contributed by atoms with Crippen LogP contribution in [0.2, 0.25) is 0 Å². The SMILES string of the molecule is OC1C=CC2=C(Oc3ccccc3O2)C1O. The van der Waals surface area contributed by atoms with Crippen molar-refractivity contribution in [2.45, 2.75) is 12.2 Å². The molecule has 0 radical (unpaired) electrons. The van der Waals surface area contributed by atoms with E-state index in [-0.39, 0.29) is 5.76 Å². The summed E-state index contributed by atoms with van der Waals surface area (Å²) in [5, 5.41) is 19.2. The summed E-state index contributed by atoms with van der Waals surface area (Å²) in [5.41, 5.74) is 0. The average molecular weight is 218 g/mol. The van der Waals surface area contributed by atoms with E-state index in [4.69, 9.17) is 9.47 Å². The first kappa shape index (κ1) is 9.45. The van der Waals surface area contributed by atoms with Gasteiger partial charge in [-0.15, -0.1) is 0 Å². The van der Waals surface area contributed by atoms with Gasteiger partial charge in [0, 0.05) is 0 Å². The molecule has 2 atom stereocenters. The number of allylic oxidation sites excluding steroid dienone is 1. The summed E-state index contributed by atoms with van der Waals surface area (Å²) < 4.78 is 11.1. The third-order valence-corrected chi connectivity index (χ3v) is 2.57. The first-order valence-corrected chi connectivity index (χ1v) is 4.99. The number of fused-ring (bicyclic) bond motifs is 1. The molecular weight excluding hydrogens is 208 g/mol. The summed E-state index contributed by atoms with van der Waals surface area (Å²) >= 11 is 0. The molecule has 2 aliphatic rings. The van der Waals surface area contributed by atoms with Crippen molar-refractivity contribution in [3.05, 3.63) is 47.9 Å². The second-order valence-corrected chi connectivity index (χ2v) is 3.67. The molecule has 2 N–H and O–H groups in total. The van der Waals surface area contributed by atoms with E-state index < -0.39 is 12.2 Å². The fourth-order valence-electron chi connectivity index (χ4n) is 1.72. The molecule has 1 aliphatic carbocycles. The highest BCUT2D eigenvalue weighted by molar-refractivity contribution is 5.47. The standard InChI is InChI=1S/C12H10O4/c13-7-5-6-10-12(11(7)14)16-9-4-2-1-3-8(9)15-10/h1-7,11,13-14H. The van der Waals surface area contributed by atoms with Crippen LogP contribution in [0.25, 0.3) is 0 Å². The monoisotopic (exact) mass is 218 g/mol. The van der Waals surface area contributed by atoms with Crippen LogP contribution in [0.15, 0.2) is 47.9 Å². The molecule has 0 saturated heterocycles. The topological polar surface area (TPSA) is 58.9 Å². The second kappa shape index (κ2) is 3.37.